The number of benzene rings is 1. The van der Waals surface area contributed by atoms with Gasteiger partial charge in [-0.15, -0.1) is 0 Å². The lowest BCUT2D eigenvalue weighted by atomic mass is 9.88. The highest BCUT2D eigenvalue weighted by atomic mass is 16.5. The molecule has 0 aromatic heterocycles. The number of carbonyl (C=O) groups is 1. The van der Waals surface area contributed by atoms with E-state index in [1.54, 1.807) is 7.05 Å². The maximum absolute atomic E-state index is 11.1. The Morgan fingerprint density at radius 1 is 1.56 bits per heavy atom. The summed E-state index contributed by atoms with van der Waals surface area (Å²) < 4.78 is 5.58. The molecule has 0 radical (unpaired) electrons. The second-order valence-electron chi connectivity index (χ2n) is 4.63. The average Bonchev–Trinajstić information content (AvgIpc) is 2.39. The van der Waals surface area contributed by atoms with Crippen LogP contribution in [0.3, 0.4) is 0 Å². The third-order valence-corrected chi connectivity index (χ3v) is 3.35. The van der Waals surface area contributed by atoms with Gasteiger partial charge in [0.2, 0.25) is 5.91 Å². The summed E-state index contributed by atoms with van der Waals surface area (Å²) >= 11 is 0. The van der Waals surface area contributed by atoms with E-state index in [4.69, 9.17) is 10.5 Å². The average molecular weight is 248 g/mol. The molecule has 0 unspecified atom stereocenters. The number of fused-ring (bicyclic) bond motifs is 1. The Labute approximate surface area is 108 Å². The standard InChI is InChI=1S/C14H20N2O2/c1-16-14(17)7-8-18-11-6-5-10-3-2-4-13(15)12(10)9-11/h5-6,9,13H,2-4,7-8,15H2,1H3,(H,16,17)/t13-/m0/s1. The van der Waals surface area contributed by atoms with Gasteiger partial charge in [0.05, 0.1) is 13.0 Å². The van der Waals surface area contributed by atoms with Gasteiger partial charge < -0.3 is 15.8 Å². The monoisotopic (exact) mass is 248 g/mol. The summed E-state index contributed by atoms with van der Waals surface area (Å²) in [6.45, 7) is 0.397. The summed E-state index contributed by atoms with van der Waals surface area (Å²) in [5, 5.41) is 2.57. The van der Waals surface area contributed by atoms with E-state index in [0.29, 0.717) is 13.0 Å². The molecule has 4 nitrogen and oxygen atoms in total. The van der Waals surface area contributed by atoms with Gasteiger partial charge in [-0.25, -0.2) is 0 Å². The maximum atomic E-state index is 11.1. The molecule has 2 rings (SSSR count). The Hall–Kier alpha value is -1.55. The van der Waals surface area contributed by atoms with Crippen LogP contribution in [0.4, 0.5) is 0 Å². The van der Waals surface area contributed by atoms with Crippen molar-refractivity contribution in [3.8, 4) is 5.75 Å². The van der Waals surface area contributed by atoms with Crippen LogP contribution in [0.5, 0.6) is 5.75 Å². The van der Waals surface area contributed by atoms with E-state index in [-0.39, 0.29) is 11.9 Å². The van der Waals surface area contributed by atoms with Crippen LogP contribution in [-0.4, -0.2) is 19.6 Å². The molecule has 18 heavy (non-hydrogen) atoms. The molecule has 0 aliphatic heterocycles. The number of aryl methyl sites for hydroxylation is 1. The number of nitrogens with one attached hydrogen (secondary N) is 1. The number of hydrogen-bond donors (Lipinski definition) is 2. The van der Waals surface area contributed by atoms with Gasteiger partial charge in [0.15, 0.2) is 0 Å². The predicted octanol–water partition coefficient (Wildman–Crippen LogP) is 1.54. The van der Waals surface area contributed by atoms with Gasteiger partial charge in [0, 0.05) is 13.1 Å². The van der Waals surface area contributed by atoms with Crippen LogP contribution in [0.25, 0.3) is 0 Å². The molecule has 1 amide bonds. The van der Waals surface area contributed by atoms with Crippen molar-refractivity contribution in [1.82, 2.24) is 5.32 Å². The van der Waals surface area contributed by atoms with Crippen molar-refractivity contribution in [2.75, 3.05) is 13.7 Å². The van der Waals surface area contributed by atoms with Crippen molar-refractivity contribution >= 4 is 5.91 Å². The van der Waals surface area contributed by atoms with Crippen molar-refractivity contribution < 1.29 is 9.53 Å². The van der Waals surface area contributed by atoms with Crippen LogP contribution < -0.4 is 15.8 Å². The molecule has 1 atom stereocenters. The van der Waals surface area contributed by atoms with Crippen molar-refractivity contribution in [1.29, 1.82) is 0 Å². The van der Waals surface area contributed by atoms with Gasteiger partial charge in [0.1, 0.15) is 5.75 Å². The summed E-state index contributed by atoms with van der Waals surface area (Å²) in [6.07, 6.45) is 3.67. The predicted molar refractivity (Wildman–Crippen MR) is 70.5 cm³/mol. The third-order valence-electron chi connectivity index (χ3n) is 3.35. The smallest absolute Gasteiger partial charge is 0.223 e. The molecule has 4 heteroatoms. The van der Waals surface area contributed by atoms with Crippen LogP contribution >= 0.6 is 0 Å². The van der Waals surface area contributed by atoms with Crippen molar-refractivity contribution in [3.05, 3.63) is 29.3 Å². The zero-order valence-corrected chi connectivity index (χ0v) is 10.7. The van der Waals surface area contributed by atoms with Gasteiger partial charge in [-0.3, -0.25) is 4.79 Å². The van der Waals surface area contributed by atoms with Gasteiger partial charge in [-0.1, -0.05) is 6.07 Å². The first-order chi connectivity index (χ1) is 8.70. The molecule has 98 valence electrons. The van der Waals surface area contributed by atoms with Gasteiger partial charge >= 0.3 is 0 Å². The first-order valence-corrected chi connectivity index (χ1v) is 6.42. The van der Waals surface area contributed by atoms with Crippen LogP contribution in [0.15, 0.2) is 18.2 Å². The molecule has 3 N–H and O–H groups in total. The number of nitrogens with two attached hydrogens (primary N) is 1. The lowest BCUT2D eigenvalue weighted by Gasteiger charge is -2.22. The van der Waals surface area contributed by atoms with Gasteiger partial charge in [-0.2, -0.15) is 0 Å². The third kappa shape index (κ3) is 3.01. The minimum atomic E-state index is -0.00957. The van der Waals surface area contributed by atoms with Crippen LogP contribution in [0, 0.1) is 0 Å². The Morgan fingerprint density at radius 3 is 3.17 bits per heavy atom. The lowest BCUT2D eigenvalue weighted by molar-refractivity contribution is -0.121. The second kappa shape index (κ2) is 5.87. The summed E-state index contributed by atoms with van der Waals surface area (Å²) in [6, 6.07) is 6.18. The first kappa shape index (κ1) is 12.9. The Balaban J connectivity index is 1.98. The number of hydrogen-bond acceptors (Lipinski definition) is 3. The largest absolute Gasteiger partial charge is 0.493 e. The number of amides is 1. The van der Waals surface area contributed by atoms with E-state index >= 15 is 0 Å². The maximum Gasteiger partial charge on any atom is 0.223 e. The Kier molecular flexibility index (Phi) is 4.20. The Morgan fingerprint density at radius 2 is 2.39 bits per heavy atom. The van der Waals surface area contributed by atoms with E-state index in [0.717, 1.165) is 25.0 Å². The van der Waals surface area contributed by atoms with Crippen molar-refractivity contribution in [2.24, 2.45) is 5.73 Å². The van der Waals surface area contributed by atoms with Crippen molar-refractivity contribution in [3.63, 3.8) is 0 Å². The lowest BCUT2D eigenvalue weighted by Crippen LogP contribution is -2.20. The van der Waals surface area contributed by atoms with E-state index in [9.17, 15) is 4.79 Å². The molecule has 1 aromatic carbocycles. The normalized spacial score (nSPS) is 18.0. The molecule has 0 fully saturated rings. The quantitative estimate of drug-likeness (QED) is 0.849. The first-order valence-electron chi connectivity index (χ1n) is 6.42. The van der Waals surface area contributed by atoms with Crippen molar-refractivity contribution in [2.45, 2.75) is 31.7 Å². The molecule has 0 saturated heterocycles. The van der Waals surface area contributed by atoms with E-state index in [2.05, 4.69) is 11.4 Å². The SMILES string of the molecule is CNC(=O)CCOc1ccc2c(c1)[C@@H](N)CCC2. The minimum Gasteiger partial charge on any atom is -0.493 e. The summed E-state index contributed by atoms with van der Waals surface area (Å²) in [7, 11) is 1.63. The number of rotatable bonds is 4. The molecule has 1 aliphatic carbocycles. The zero-order chi connectivity index (χ0) is 13.0. The highest BCUT2D eigenvalue weighted by Gasteiger charge is 2.17. The summed E-state index contributed by atoms with van der Waals surface area (Å²) in [5.41, 5.74) is 8.61. The fourth-order valence-electron chi connectivity index (χ4n) is 2.29. The fourth-order valence-corrected chi connectivity index (χ4v) is 2.29. The molecule has 0 saturated carbocycles. The second-order valence-corrected chi connectivity index (χ2v) is 4.63. The zero-order valence-electron chi connectivity index (χ0n) is 10.7. The molecule has 0 heterocycles. The highest BCUT2D eigenvalue weighted by molar-refractivity contribution is 5.75. The fraction of sp³-hybridized carbons (Fsp3) is 0.500. The van der Waals surface area contributed by atoms with Crippen LogP contribution in [0.2, 0.25) is 0 Å². The van der Waals surface area contributed by atoms with Gasteiger partial charge in [-0.05, 0) is 42.5 Å². The van der Waals surface area contributed by atoms with Crippen LogP contribution in [0.1, 0.15) is 36.4 Å². The number of ether oxygens (including phenoxy) is 1. The molecular formula is C14H20N2O2. The minimum absolute atomic E-state index is 0.00957. The molecule has 1 aromatic rings. The van der Waals surface area contributed by atoms with Crippen LogP contribution in [-0.2, 0) is 11.2 Å². The van der Waals surface area contributed by atoms with E-state index in [1.807, 2.05) is 12.1 Å². The van der Waals surface area contributed by atoms with Gasteiger partial charge in [0.25, 0.3) is 0 Å². The molecule has 0 spiro atoms. The molecule has 0 bridgehead atoms. The topological polar surface area (TPSA) is 64.3 Å². The highest BCUT2D eigenvalue weighted by Crippen LogP contribution is 2.30. The molecule has 1 aliphatic rings. The molecular weight excluding hydrogens is 228 g/mol. The Bertz CT molecular complexity index is 432. The number of carbonyl (C=O) groups excluding carboxylic acids is 1. The summed E-state index contributed by atoms with van der Waals surface area (Å²) in [5.74, 6) is 0.791. The van der Waals surface area contributed by atoms with E-state index in [1.165, 1.54) is 11.1 Å². The van der Waals surface area contributed by atoms with E-state index < -0.39 is 0 Å². The summed E-state index contributed by atoms with van der Waals surface area (Å²) in [4.78, 5) is 11.1.